The molecule has 0 bridgehead atoms. The third-order valence-electron chi connectivity index (χ3n) is 5.17. The summed E-state index contributed by atoms with van der Waals surface area (Å²) in [7, 11) is 1.63. The molecule has 1 aliphatic rings. The molecule has 1 aliphatic heterocycles. The van der Waals surface area contributed by atoms with Gasteiger partial charge in [0.2, 0.25) is 5.91 Å². The van der Waals surface area contributed by atoms with Crippen LogP contribution in [-0.4, -0.2) is 57.0 Å². The maximum atomic E-state index is 13.1. The Hall–Kier alpha value is -3.29. The number of carbonyl (C=O) groups excluding carboxylic acids is 2. The van der Waals surface area contributed by atoms with E-state index in [2.05, 4.69) is 15.5 Å². The van der Waals surface area contributed by atoms with Crippen LogP contribution in [-0.2, 0) is 11.3 Å². The molecule has 8 heteroatoms. The molecule has 0 spiro atoms. The third-order valence-corrected chi connectivity index (χ3v) is 5.17. The van der Waals surface area contributed by atoms with E-state index in [1.807, 2.05) is 36.4 Å². The zero-order valence-electron chi connectivity index (χ0n) is 15.6. The molecule has 0 N–H and O–H groups in total. The summed E-state index contributed by atoms with van der Waals surface area (Å²) in [6, 6.07) is 11.5. The van der Waals surface area contributed by atoms with Crippen LogP contribution in [0.3, 0.4) is 0 Å². The lowest BCUT2D eigenvalue weighted by Crippen LogP contribution is -2.43. The van der Waals surface area contributed by atoms with E-state index in [1.165, 1.54) is 11.0 Å². The van der Waals surface area contributed by atoms with Gasteiger partial charge in [-0.05, 0) is 52.2 Å². The highest BCUT2D eigenvalue weighted by atomic mass is 16.5. The first kappa shape index (κ1) is 18.1. The number of Topliss-reactive ketones (excluding diaryl/α,β-unsaturated/α-hetero) is 1. The van der Waals surface area contributed by atoms with Gasteiger partial charge in [-0.15, -0.1) is 5.10 Å². The number of aromatic nitrogens is 4. The Balaban J connectivity index is 1.47. The summed E-state index contributed by atoms with van der Waals surface area (Å²) < 4.78 is 6.64. The van der Waals surface area contributed by atoms with E-state index in [4.69, 9.17) is 4.74 Å². The number of carbonyl (C=O) groups is 2. The van der Waals surface area contributed by atoms with Crippen LogP contribution in [0.4, 0.5) is 0 Å². The Labute approximate surface area is 162 Å². The highest BCUT2D eigenvalue weighted by Crippen LogP contribution is 2.25. The molecular formula is C20H21N5O3. The van der Waals surface area contributed by atoms with Gasteiger partial charge in [0.25, 0.3) is 0 Å². The first-order chi connectivity index (χ1) is 13.6. The van der Waals surface area contributed by atoms with Crippen molar-refractivity contribution in [1.82, 2.24) is 25.1 Å². The van der Waals surface area contributed by atoms with Crippen molar-refractivity contribution in [2.24, 2.45) is 5.92 Å². The molecule has 1 unspecified atom stereocenters. The SMILES string of the molecule is COc1ccc2cc(C(=O)C3CCCN(C(=O)Cn4cnnn4)C3)ccc2c1. The number of amides is 1. The Morgan fingerprint density at radius 3 is 2.79 bits per heavy atom. The maximum absolute atomic E-state index is 13.1. The van der Waals surface area contributed by atoms with E-state index in [1.54, 1.807) is 12.0 Å². The van der Waals surface area contributed by atoms with Crippen LogP contribution < -0.4 is 4.74 Å². The Morgan fingerprint density at radius 1 is 1.18 bits per heavy atom. The normalized spacial score (nSPS) is 16.9. The van der Waals surface area contributed by atoms with Crippen molar-refractivity contribution in [3.8, 4) is 5.75 Å². The van der Waals surface area contributed by atoms with Gasteiger partial charge in [-0.3, -0.25) is 9.59 Å². The Morgan fingerprint density at radius 2 is 2.00 bits per heavy atom. The van der Waals surface area contributed by atoms with Gasteiger partial charge in [0.15, 0.2) is 5.78 Å². The number of likely N-dealkylation sites (tertiary alicyclic amines) is 1. The largest absolute Gasteiger partial charge is 0.497 e. The quantitative estimate of drug-likeness (QED) is 0.630. The number of methoxy groups -OCH3 is 1. The van der Waals surface area contributed by atoms with E-state index in [9.17, 15) is 9.59 Å². The van der Waals surface area contributed by atoms with E-state index < -0.39 is 0 Å². The lowest BCUT2D eigenvalue weighted by molar-refractivity contribution is -0.133. The van der Waals surface area contributed by atoms with Crippen molar-refractivity contribution >= 4 is 22.5 Å². The number of ketones is 1. The van der Waals surface area contributed by atoms with E-state index in [0.29, 0.717) is 18.7 Å². The molecule has 2 aromatic carbocycles. The first-order valence-electron chi connectivity index (χ1n) is 9.24. The van der Waals surface area contributed by atoms with Gasteiger partial charge < -0.3 is 9.64 Å². The number of fused-ring (bicyclic) bond motifs is 1. The summed E-state index contributed by atoms with van der Waals surface area (Å²) in [4.78, 5) is 27.3. The van der Waals surface area contributed by atoms with Crippen LogP contribution in [0, 0.1) is 5.92 Å². The van der Waals surface area contributed by atoms with Crippen LogP contribution in [0.2, 0.25) is 0 Å². The van der Waals surface area contributed by atoms with Crippen LogP contribution in [0.1, 0.15) is 23.2 Å². The van der Waals surface area contributed by atoms with E-state index >= 15 is 0 Å². The van der Waals surface area contributed by atoms with Gasteiger partial charge in [-0.25, -0.2) is 4.68 Å². The lowest BCUT2D eigenvalue weighted by Gasteiger charge is -2.32. The number of ether oxygens (including phenoxy) is 1. The highest BCUT2D eigenvalue weighted by molar-refractivity contribution is 6.01. The topological polar surface area (TPSA) is 90.2 Å². The molecule has 0 saturated carbocycles. The van der Waals surface area contributed by atoms with Gasteiger partial charge in [0, 0.05) is 24.6 Å². The fourth-order valence-corrected chi connectivity index (χ4v) is 3.65. The number of piperidine rings is 1. The van der Waals surface area contributed by atoms with Crippen molar-refractivity contribution in [2.45, 2.75) is 19.4 Å². The summed E-state index contributed by atoms with van der Waals surface area (Å²) in [6.45, 7) is 1.18. The second-order valence-electron chi connectivity index (χ2n) is 6.98. The number of benzene rings is 2. The van der Waals surface area contributed by atoms with Crippen LogP contribution in [0.25, 0.3) is 10.8 Å². The predicted octanol–water partition coefficient (Wildman–Crippen LogP) is 1.96. The number of tetrazole rings is 1. The molecule has 1 fully saturated rings. The molecule has 0 radical (unpaired) electrons. The van der Waals surface area contributed by atoms with Crippen LogP contribution in [0.5, 0.6) is 5.75 Å². The highest BCUT2D eigenvalue weighted by Gasteiger charge is 2.29. The van der Waals surface area contributed by atoms with E-state index in [-0.39, 0.29) is 24.2 Å². The summed E-state index contributed by atoms with van der Waals surface area (Å²) in [5.41, 5.74) is 0.678. The van der Waals surface area contributed by atoms with Crippen LogP contribution >= 0.6 is 0 Å². The minimum Gasteiger partial charge on any atom is -0.497 e. The second kappa shape index (κ2) is 7.75. The third kappa shape index (κ3) is 3.71. The number of nitrogens with zero attached hydrogens (tertiary/aromatic N) is 5. The Kier molecular flexibility index (Phi) is 5.01. The number of hydrogen-bond donors (Lipinski definition) is 0. The molecule has 144 valence electrons. The molecule has 8 nitrogen and oxygen atoms in total. The molecule has 2 heterocycles. The first-order valence-corrected chi connectivity index (χ1v) is 9.24. The summed E-state index contributed by atoms with van der Waals surface area (Å²) in [5.74, 6) is 0.603. The van der Waals surface area contributed by atoms with Crippen LogP contribution in [0.15, 0.2) is 42.7 Å². The number of rotatable bonds is 5. The van der Waals surface area contributed by atoms with Gasteiger partial charge in [0.05, 0.1) is 7.11 Å². The molecule has 4 rings (SSSR count). The average Bonchev–Trinajstić information content (AvgIpc) is 3.25. The summed E-state index contributed by atoms with van der Waals surface area (Å²) in [5, 5.41) is 12.8. The minimum atomic E-state index is -0.192. The second-order valence-corrected chi connectivity index (χ2v) is 6.98. The maximum Gasteiger partial charge on any atom is 0.244 e. The van der Waals surface area contributed by atoms with Crippen molar-refractivity contribution in [1.29, 1.82) is 0 Å². The minimum absolute atomic E-state index is 0.0737. The standard InChI is InChI=1S/C20H21N5O3/c1-28-18-7-6-14-9-16(5-4-15(14)10-18)20(27)17-3-2-8-24(11-17)19(26)12-25-13-21-22-23-25/h4-7,9-10,13,17H,2-3,8,11-12H2,1H3. The number of hydrogen-bond acceptors (Lipinski definition) is 6. The lowest BCUT2D eigenvalue weighted by atomic mass is 9.89. The van der Waals surface area contributed by atoms with Crippen molar-refractivity contribution in [3.63, 3.8) is 0 Å². The van der Waals surface area contributed by atoms with Gasteiger partial charge in [0.1, 0.15) is 18.6 Å². The molecule has 1 saturated heterocycles. The molecule has 1 aromatic heterocycles. The predicted molar refractivity (Wildman–Crippen MR) is 102 cm³/mol. The summed E-state index contributed by atoms with van der Waals surface area (Å²) in [6.07, 6.45) is 3.01. The molecule has 1 atom stereocenters. The van der Waals surface area contributed by atoms with Gasteiger partial charge >= 0.3 is 0 Å². The van der Waals surface area contributed by atoms with Gasteiger partial charge in [-0.1, -0.05) is 18.2 Å². The van der Waals surface area contributed by atoms with Crippen molar-refractivity contribution in [3.05, 3.63) is 48.3 Å². The summed E-state index contributed by atoms with van der Waals surface area (Å²) >= 11 is 0. The molecule has 0 aliphatic carbocycles. The van der Waals surface area contributed by atoms with E-state index in [0.717, 1.165) is 29.4 Å². The Bertz CT molecular complexity index is 1000. The zero-order chi connectivity index (χ0) is 19.5. The van der Waals surface area contributed by atoms with Crippen molar-refractivity contribution < 1.29 is 14.3 Å². The smallest absolute Gasteiger partial charge is 0.244 e. The molecule has 28 heavy (non-hydrogen) atoms. The zero-order valence-corrected chi connectivity index (χ0v) is 15.6. The molecule has 1 amide bonds. The van der Waals surface area contributed by atoms with Gasteiger partial charge in [-0.2, -0.15) is 0 Å². The molecular weight excluding hydrogens is 358 g/mol. The average molecular weight is 379 g/mol. The van der Waals surface area contributed by atoms with Crippen molar-refractivity contribution in [2.75, 3.05) is 20.2 Å². The fraction of sp³-hybridized carbons (Fsp3) is 0.350. The fourth-order valence-electron chi connectivity index (χ4n) is 3.65. The molecule has 3 aromatic rings. The monoisotopic (exact) mass is 379 g/mol.